The molecule has 3 aromatic carbocycles. The highest BCUT2D eigenvalue weighted by atomic mass is 16.5. The maximum absolute atomic E-state index is 11.6. The summed E-state index contributed by atoms with van der Waals surface area (Å²) in [6.45, 7) is 30.1. The number of carboxylic acid groups (broad SMARTS) is 1. The molecule has 0 aromatic heterocycles. The van der Waals surface area contributed by atoms with Gasteiger partial charge in [-0.3, -0.25) is 19.4 Å². The molecule has 0 aliphatic rings. The predicted octanol–water partition coefficient (Wildman–Crippen LogP) is 19.1. The number of methoxy groups -OCH3 is 3. The molecule has 1 amide bonds. The molecule has 2 N–H and O–H groups in total. The SMILES string of the molecule is C.C.C.C.C.C.C.C.C.C.C.C.C.CC.CC.CC.CC.CC.CC.CN[C@@H](Cc1ccc(C)cc1)C(=O)OC.COC(=O)[C@H](Cc1ccc(C)cc1)N(C)C.COC(=O)[C@H](Cc1ccc(C)cc1)N(C)C(=O)O. The highest BCUT2D eigenvalue weighted by Gasteiger charge is 2.27. The molecule has 11 heteroatoms. The molecule has 0 fully saturated rings. The lowest BCUT2D eigenvalue weighted by Crippen LogP contribution is -2.43. The Hall–Kier alpha value is -4.74. The van der Waals surface area contributed by atoms with Gasteiger partial charge >= 0.3 is 24.0 Å². The first-order valence-corrected chi connectivity index (χ1v) is 21.9. The number of nitrogens with zero attached hydrogens (tertiary/aromatic N) is 2. The molecule has 0 aliphatic heterocycles. The Morgan fingerprint density at radius 1 is 0.419 bits per heavy atom. The molecule has 0 heterocycles. The zero-order valence-corrected chi connectivity index (χ0v) is 42.5. The van der Waals surface area contributed by atoms with Gasteiger partial charge in [-0.25, -0.2) is 9.59 Å². The van der Waals surface area contributed by atoms with E-state index < -0.39 is 18.1 Å². The summed E-state index contributed by atoms with van der Waals surface area (Å²) in [6, 6.07) is 22.6. The minimum absolute atomic E-state index is 0. The van der Waals surface area contributed by atoms with Crippen LogP contribution in [0.4, 0.5) is 4.79 Å². The minimum atomic E-state index is -1.16. The van der Waals surface area contributed by atoms with E-state index in [9.17, 15) is 19.2 Å². The van der Waals surface area contributed by atoms with Gasteiger partial charge in [-0.1, -0.05) is 269 Å². The molecule has 0 saturated heterocycles. The van der Waals surface area contributed by atoms with Crippen LogP contribution < -0.4 is 5.32 Å². The smallest absolute Gasteiger partial charge is 0.407 e. The number of likely N-dealkylation sites (N-methyl/N-ethyl adjacent to an activating group) is 3. The monoisotopic (exact) mass is 1070 g/mol. The summed E-state index contributed by atoms with van der Waals surface area (Å²) < 4.78 is 14.1. The third-order valence-electron chi connectivity index (χ3n) is 7.83. The number of benzene rings is 3. The lowest BCUT2D eigenvalue weighted by molar-refractivity contribution is -0.146. The summed E-state index contributed by atoms with van der Waals surface area (Å²) in [5.74, 6) is -0.968. The Labute approximate surface area is 469 Å². The van der Waals surface area contributed by atoms with Crippen LogP contribution >= 0.6 is 0 Å². The quantitative estimate of drug-likeness (QED) is 0.133. The van der Waals surface area contributed by atoms with Gasteiger partial charge in [0.05, 0.1) is 21.3 Å². The molecular formula is C63H141N3O8. The Morgan fingerprint density at radius 3 is 0.838 bits per heavy atom. The van der Waals surface area contributed by atoms with E-state index in [1.807, 2.05) is 171 Å². The second-order valence-corrected chi connectivity index (χ2v) is 11.9. The van der Waals surface area contributed by atoms with Gasteiger partial charge in [-0.05, 0) is 71.4 Å². The van der Waals surface area contributed by atoms with E-state index in [4.69, 9.17) is 14.6 Å². The lowest BCUT2D eigenvalue weighted by Gasteiger charge is -2.23. The predicted molar refractivity (Wildman–Crippen MR) is 346 cm³/mol. The molecule has 0 unspecified atom stereocenters. The first-order valence-electron chi connectivity index (χ1n) is 21.9. The number of carbonyl (C=O) groups excluding carboxylic acids is 3. The van der Waals surface area contributed by atoms with Crippen molar-refractivity contribution in [1.29, 1.82) is 0 Å². The zero-order chi connectivity index (χ0) is 49.1. The van der Waals surface area contributed by atoms with Crippen LogP contribution in [0, 0.1) is 20.8 Å². The Kier molecular flexibility index (Phi) is 152. The molecule has 0 radical (unpaired) electrons. The van der Waals surface area contributed by atoms with Gasteiger partial charge in [-0.15, -0.1) is 0 Å². The van der Waals surface area contributed by atoms with Crippen molar-refractivity contribution in [2.45, 2.75) is 238 Å². The molecule has 3 atom stereocenters. The molecular weight excluding hydrogens is 927 g/mol. The van der Waals surface area contributed by atoms with Crippen LogP contribution in [0.5, 0.6) is 0 Å². The second-order valence-electron chi connectivity index (χ2n) is 11.9. The van der Waals surface area contributed by atoms with E-state index in [1.54, 1.807) is 7.05 Å². The molecule has 74 heavy (non-hydrogen) atoms. The number of hydrogen-bond donors (Lipinski definition) is 2. The fourth-order valence-electron chi connectivity index (χ4n) is 4.56. The van der Waals surface area contributed by atoms with Crippen molar-refractivity contribution in [3.05, 3.63) is 106 Å². The van der Waals surface area contributed by atoms with Crippen molar-refractivity contribution in [3.63, 3.8) is 0 Å². The van der Waals surface area contributed by atoms with Crippen LogP contribution in [0.1, 0.15) is 213 Å². The van der Waals surface area contributed by atoms with Gasteiger partial charge in [0.2, 0.25) is 0 Å². The van der Waals surface area contributed by atoms with Crippen LogP contribution in [0.25, 0.3) is 0 Å². The maximum atomic E-state index is 11.6. The van der Waals surface area contributed by atoms with Crippen LogP contribution in [-0.2, 0) is 47.9 Å². The van der Waals surface area contributed by atoms with Crippen molar-refractivity contribution in [2.24, 2.45) is 0 Å². The minimum Gasteiger partial charge on any atom is -0.468 e. The molecule has 3 rings (SSSR count). The van der Waals surface area contributed by atoms with Crippen molar-refractivity contribution in [1.82, 2.24) is 15.1 Å². The highest BCUT2D eigenvalue weighted by molar-refractivity contribution is 5.81. The number of hydrogen-bond acceptors (Lipinski definition) is 9. The summed E-state index contributed by atoms with van der Waals surface area (Å²) in [6.07, 6.45) is 0.483. The highest BCUT2D eigenvalue weighted by Crippen LogP contribution is 2.12. The standard InChI is InChI=1S/C13H17NO4.C13H19NO2.C12H17NO2.6C2H6.13CH4/c1-9-4-6-10(7-5-9)8-11(12(15)18-3)14(2)13(16)17;1-10-5-7-11(8-6-10)9-12(14(2)3)13(15)16-4;1-9-4-6-10(7-5-9)8-11(13-2)12(14)15-3;6*1-2;;;;;;;;;;;;;/h4-7,11H,8H2,1-3H3,(H,16,17);5-8,12H,9H2,1-4H3;4-7,11,13H,8H2,1-3H3;6*1-2H3;13*1H4/t11-;12-;11-;;;;;;;;;;;;;;;;;;;/m000.................../s1. The molecule has 0 aliphatic carbocycles. The van der Waals surface area contributed by atoms with Crippen LogP contribution in [0.2, 0.25) is 0 Å². The van der Waals surface area contributed by atoms with E-state index in [0.29, 0.717) is 19.3 Å². The molecule has 456 valence electrons. The van der Waals surface area contributed by atoms with Gasteiger partial charge in [0.1, 0.15) is 18.1 Å². The Morgan fingerprint density at radius 2 is 0.635 bits per heavy atom. The number of rotatable bonds is 12. The number of nitrogens with one attached hydrogen (secondary N) is 1. The largest absolute Gasteiger partial charge is 0.468 e. The average molecular weight is 1070 g/mol. The fraction of sp³-hybridized carbons (Fsp3) is 0.651. The third-order valence-corrected chi connectivity index (χ3v) is 7.83. The molecule has 0 saturated carbocycles. The molecule has 0 bridgehead atoms. The van der Waals surface area contributed by atoms with Gasteiger partial charge in [0, 0.05) is 13.5 Å². The number of carbonyl (C=O) groups is 4. The fourth-order valence-corrected chi connectivity index (χ4v) is 4.56. The van der Waals surface area contributed by atoms with E-state index in [2.05, 4.69) is 34.3 Å². The number of ether oxygens (including phenoxy) is 3. The van der Waals surface area contributed by atoms with E-state index in [-0.39, 0.29) is 121 Å². The summed E-state index contributed by atoms with van der Waals surface area (Å²) in [5, 5.41) is 11.9. The first kappa shape index (κ1) is 128. The van der Waals surface area contributed by atoms with Gasteiger partial charge < -0.3 is 24.6 Å². The average Bonchev–Trinajstić information content (AvgIpc) is 3.31. The summed E-state index contributed by atoms with van der Waals surface area (Å²) >= 11 is 0. The summed E-state index contributed by atoms with van der Waals surface area (Å²) in [5.41, 5.74) is 6.73. The number of amides is 1. The van der Waals surface area contributed by atoms with Crippen LogP contribution in [0.15, 0.2) is 72.8 Å². The van der Waals surface area contributed by atoms with Crippen molar-refractivity contribution in [3.8, 4) is 0 Å². The number of esters is 3. The topological polar surface area (TPSA) is 135 Å². The van der Waals surface area contributed by atoms with Crippen LogP contribution in [0.3, 0.4) is 0 Å². The molecule has 0 spiro atoms. The normalized spacial score (nSPS) is 8.53. The van der Waals surface area contributed by atoms with Gasteiger partial charge in [0.15, 0.2) is 0 Å². The van der Waals surface area contributed by atoms with E-state index >= 15 is 0 Å². The lowest BCUT2D eigenvalue weighted by atomic mass is 10.0. The Bertz CT molecular complexity index is 1450. The van der Waals surface area contributed by atoms with E-state index in [0.717, 1.165) is 27.2 Å². The first-order chi connectivity index (χ1) is 29.2. The summed E-state index contributed by atoms with van der Waals surface area (Å²) in [7, 11) is 11.0. The maximum Gasteiger partial charge on any atom is 0.407 e. The summed E-state index contributed by atoms with van der Waals surface area (Å²) in [4.78, 5) is 48.3. The van der Waals surface area contributed by atoms with Gasteiger partial charge in [0.25, 0.3) is 0 Å². The van der Waals surface area contributed by atoms with Crippen LogP contribution in [-0.4, -0.2) is 107 Å². The van der Waals surface area contributed by atoms with Crippen molar-refractivity contribution in [2.75, 3.05) is 49.5 Å². The third kappa shape index (κ3) is 61.6. The number of aryl methyl sites for hydroxylation is 3. The van der Waals surface area contributed by atoms with Gasteiger partial charge in [-0.2, -0.15) is 0 Å². The second kappa shape index (κ2) is 87.9. The molecule has 3 aromatic rings. The van der Waals surface area contributed by atoms with Crippen molar-refractivity contribution >= 4 is 24.0 Å². The van der Waals surface area contributed by atoms with Crippen molar-refractivity contribution < 1.29 is 38.5 Å². The Balaban J connectivity index is -0.0000000302. The zero-order valence-electron chi connectivity index (χ0n) is 42.5. The van der Waals surface area contributed by atoms with E-state index in [1.165, 1.54) is 39.5 Å². The molecule has 11 nitrogen and oxygen atoms in total.